The molecule has 0 N–H and O–H groups in total. The average molecular weight is 473 g/mol. The van der Waals surface area contributed by atoms with Gasteiger partial charge in [0.15, 0.2) is 17.3 Å². The van der Waals surface area contributed by atoms with Crippen LogP contribution in [0.15, 0.2) is 71.8 Å². The van der Waals surface area contributed by atoms with Crippen LogP contribution in [0.25, 0.3) is 22.8 Å². The Labute approximate surface area is 198 Å². The van der Waals surface area contributed by atoms with Crippen LogP contribution in [0.3, 0.4) is 0 Å². The van der Waals surface area contributed by atoms with E-state index in [0.717, 1.165) is 18.5 Å². The monoisotopic (exact) mass is 473 g/mol. The van der Waals surface area contributed by atoms with Gasteiger partial charge >= 0.3 is 6.09 Å². The van der Waals surface area contributed by atoms with E-state index in [0.29, 0.717) is 17.9 Å². The van der Waals surface area contributed by atoms with Crippen molar-refractivity contribution in [2.75, 3.05) is 18.6 Å². The van der Waals surface area contributed by atoms with Crippen molar-refractivity contribution in [2.24, 2.45) is 0 Å². The van der Waals surface area contributed by atoms with Crippen molar-refractivity contribution in [2.45, 2.75) is 18.4 Å². The zero-order valence-electron chi connectivity index (χ0n) is 18.7. The van der Waals surface area contributed by atoms with E-state index in [1.807, 2.05) is 30.3 Å². The number of hydrogen-bond acceptors (Lipinski definition) is 6. The molecule has 9 nitrogen and oxygen atoms in total. The largest absolute Gasteiger partial charge is 0.491 e. The Morgan fingerprint density at radius 3 is 2.54 bits per heavy atom. The Morgan fingerprint density at radius 2 is 1.86 bits per heavy atom. The van der Waals surface area contributed by atoms with E-state index in [2.05, 4.69) is 10.2 Å². The highest BCUT2D eigenvalue weighted by Gasteiger charge is 2.54. The van der Waals surface area contributed by atoms with Crippen molar-refractivity contribution < 1.29 is 18.7 Å². The van der Waals surface area contributed by atoms with E-state index < -0.39 is 22.9 Å². The van der Waals surface area contributed by atoms with Gasteiger partial charge in [-0.1, -0.05) is 18.2 Å². The van der Waals surface area contributed by atoms with Gasteiger partial charge in [0.25, 0.3) is 5.43 Å². The Kier molecular flexibility index (Phi) is 4.70. The summed E-state index contributed by atoms with van der Waals surface area (Å²) in [5.74, 6) is -0.620. The number of halogens is 1. The molecule has 2 aromatic carbocycles. The number of carbonyl (C=O) groups excluding carboxylic acids is 1. The molecule has 1 saturated carbocycles. The van der Waals surface area contributed by atoms with Gasteiger partial charge in [0, 0.05) is 0 Å². The van der Waals surface area contributed by atoms with Crippen LogP contribution in [-0.4, -0.2) is 44.9 Å². The third kappa shape index (κ3) is 3.54. The Hall–Kier alpha value is -4.47. The molecular weight excluding hydrogens is 453 g/mol. The first-order valence-corrected chi connectivity index (χ1v) is 11.1. The van der Waals surface area contributed by atoms with E-state index >= 15 is 4.39 Å². The molecule has 2 aromatic heterocycles. The molecule has 35 heavy (non-hydrogen) atoms. The summed E-state index contributed by atoms with van der Waals surface area (Å²) >= 11 is 0. The molecule has 1 spiro atoms. The van der Waals surface area contributed by atoms with Gasteiger partial charge in [-0.2, -0.15) is 10.2 Å². The van der Waals surface area contributed by atoms with Crippen LogP contribution in [0.4, 0.5) is 14.9 Å². The fourth-order valence-electron chi connectivity index (χ4n) is 4.23. The molecular formula is C25H20FN5O4. The zero-order valence-corrected chi connectivity index (χ0v) is 18.7. The van der Waals surface area contributed by atoms with Gasteiger partial charge in [-0.15, -0.1) is 0 Å². The summed E-state index contributed by atoms with van der Waals surface area (Å²) in [5.41, 5.74) is 0.838. The van der Waals surface area contributed by atoms with Crippen LogP contribution < -0.4 is 15.1 Å². The van der Waals surface area contributed by atoms with Crippen LogP contribution in [-0.2, 0) is 4.74 Å². The average Bonchev–Trinajstić information content (AvgIpc) is 3.29. The summed E-state index contributed by atoms with van der Waals surface area (Å²) in [7, 11) is 1.37. The van der Waals surface area contributed by atoms with Crippen molar-refractivity contribution in [3.63, 3.8) is 0 Å². The number of methoxy groups -OCH3 is 1. The van der Waals surface area contributed by atoms with Gasteiger partial charge in [0.05, 0.1) is 43.1 Å². The normalized spacial score (nSPS) is 15.9. The number of para-hydroxylation sites is 1. The number of amides is 1. The molecule has 1 aliphatic heterocycles. The van der Waals surface area contributed by atoms with E-state index in [-0.39, 0.29) is 17.1 Å². The molecule has 2 fully saturated rings. The zero-order chi connectivity index (χ0) is 24.2. The number of hydrogen-bond donors (Lipinski definition) is 0. The molecule has 1 amide bonds. The highest BCUT2D eigenvalue weighted by Crippen LogP contribution is 2.45. The minimum absolute atomic E-state index is 0.00177. The second-order valence-electron chi connectivity index (χ2n) is 8.56. The maximum absolute atomic E-state index is 15.3. The molecule has 6 rings (SSSR count). The topological polar surface area (TPSA) is 91.5 Å². The summed E-state index contributed by atoms with van der Waals surface area (Å²) in [6, 6.07) is 15.3. The minimum Gasteiger partial charge on any atom is -0.491 e. The minimum atomic E-state index is -0.618. The number of rotatable bonds is 5. The molecule has 10 heteroatoms. The van der Waals surface area contributed by atoms with Crippen LogP contribution in [0, 0.1) is 5.82 Å². The molecule has 1 saturated heterocycles. The lowest BCUT2D eigenvalue weighted by Gasteiger charge is -2.16. The second kappa shape index (κ2) is 7.79. The van der Waals surface area contributed by atoms with Gasteiger partial charge in [0.2, 0.25) is 0 Å². The summed E-state index contributed by atoms with van der Waals surface area (Å²) in [5, 5.41) is 8.76. The summed E-state index contributed by atoms with van der Waals surface area (Å²) in [6.07, 6.45) is 4.05. The first-order valence-electron chi connectivity index (χ1n) is 11.1. The van der Waals surface area contributed by atoms with Gasteiger partial charge in [-0.3, -0.25) is 9.69 Å². The third-order valence-corrected chi connectivity index (χ3v) is 6.26. The van der Waals surface area contributed by atoms with E-state index in [9.17, 15) is 9.59 Å². The SMILES string of the molecule is COc1cn(-c2ccc(N3CC4(CC4)OC3=O)cc2F)nc(-c2ccnn2-c2ccccc2)c1=O. The maximum atomic E-state index is 15.3. The van der Waals surface area contributed by atoms with E-state index in [4.69, 9.17) is 9.47 Å². The van der Waals surface area contributed by atoms with Crippen molar-refractivity contribution >= 4 is 11.8 Å². The fraction of sp³-hybridized carbons (Fsp3) is 0.200. The fourth-order valence-corrected chi connectivity index (χ4v) is 4.23. The summed E-state index contributed by atoms with van der Waals surface area (Å²) < 4.78 is 28.8. The van der Waals surface area contributed by atoms with Crippen LogP contribution in [0.2, 0.25) is 0 Å². The number of anilines is 1. The predicted octanol–water partition coefficient (Wildman–Crippen LogP) is 3.72. The number of carbonyl (C=O) groups is 1. The van der Waals surface area contributed by atoms with Crippen LogP contribution in [0.5, 0.6) is 5.75 Å². The van der Waals surface area contributed by atoms with E-state index in [1.165, 1.54) is 35.0 Å². The molecule has 0 bridgehead atoms. The summed E-state index contributed by atoms with van der Waals surface area (Å²) in [6.45, 7) is 0.405. The lowest BCUT2D eigenvalue weighted by molar-refractivity contribution is 0.129. The first kappa shape index (κ1) is 21.1. The number of aromatic nitrogens is 4. The number of benzene rings is 2. The lowest BCUT2D eigenvalue weighted by atomic mass is 10.2. The first-order chi connectivity index (χ1) is 17.0. The number of ether oxygens (including phenoxy) is 2. The molecule has 176 valence electrons. The highest BCUT2D eigenvalue weighted by molar-refractivity contribution is 5.90. The van der Waals surface area contributed by atoms with Crippen molar-refractivity contribution in [3.8, 4) is 28.5 Å². The third-order valence-electron chi connectivity index (χ3n) is 6.26. The Balaban J connectivity index is 1.42. The predicted molar refractivity (Wildman–Crippen MR) is 125 cm³/mol. The molecule has 4 aromatic rings. The van der Waals surface area contributed by atoms with Crippen molar-refractivity contribution in [3.05, 3.63) is 83.0 Å². The smallest absolute Gasteiger partial charge is 0.415 e. The molecule has 2 aliphatic rings. The van der Waals surface area contributed by atoms with Crippen LogP contribution in [0.1, 0.15) is 12.8 Å². The molecule has 0 radical (unpaired) electrons. The van der Waals surface area contributed by atoms with Crippen LogP contribution >= 0.6 is 0 Å². The second-order valence-corrected chi connectivity index (χ2v) is 8.56. The van der Waals surface area contributed by atoms with Crippen molar-refractivity contribution in [1.82, 2.24) is 19.6 Å². The number of nitrogens with zero attached hydrogens (tertiary/aromatic N) is 5. The van der Waals surface area contributed by atoms with Gasteiger partial charge < -0.3 is 9.47 Å². The van der Waals surface area contributed by atoms with Gasteiger partial charge in [-0.25, -0.2) is 18.5 Å². The molecule has 1 aliphatic carbocycles. The maximum Gasteiger partial charge on any atom is 0.415 e. The highest BCUT2D eigenvalue weighted by atomic mass is 19.1. The molecule has 0 atom stereocenters. The standard InChI is InChI=1S/C25H20FN5O4/c1-34-21-14-30(19-8-7-17(13-18(19)26)29-15-25(10-11-25)35-24(29)33)28-22(23(21)32)20-9-12-27-31(20)16-5-3-2-4-6-16/h2-9,12-14H,10-11,15H2,1H3. The Morgan fingerprint density at radius 1 is 1.06 bits per heavy atom. The Bertz CT molecular complexity index is 1510. The van der Waals surface area contributed by atoms with E-state index in [1.54, 1.807) is 23.0 Å². The molecule has 3 heterocycles. The summed E-state index contributed by atoms with van der Waals surface area (Å²) in [4.78, 5) is 26.8. The lowest BCUT2D eigenvalue weighted by Crippen LogP contribution is -2.25. The van der Waals surface area contributed by atoms with Gasteiger partial charge in [0.1, 0.15) is 11.3 Å². The molecule has 0 unspecified atom stereocenters. The quantitative estimate of drug-likeness (QED) is 0.439. The van der Waals surface area contributed by atoms with Gasteiger partial charge in [-0.05, 0) is 49.2 Å². The van der Waals surface area contributed by atoms with Crippen molar-refractivity contribution in [1.29, 1.82) is 0 Å².